The summed E-state index contributed by atoms with van der Waals surface area (Å²) >= 11 is 0. The second-order valence-electron chi connectivity index (χ2n) is 15.2. The Balaban J connectivity index is 1.23. The highest BCUT2D eigenvalue weighted by Crippen LogP contribution is 2.50. The van der Waals surface area contributed by atoms with Crippen LogP contribution in [0.15, 0.2) is 24.3 Å². The van der Waals surface area contributed by atoms with Crippen LogP contribution in [0.25, 0.3) is 32.9 Å². The Morgan fingerprint density at radius 1 is 1.02 bits per heavy atom. The van der Waals surface area contributed by atoms with Crippen LogP contribution in [0.3, 0.4) is 0 Å². The Morgan fingerprint density at radius 2 is 1.81 bits per heavy atom. The predicted molar refractivity (Wildman–Crippen MR) is 194 cm³/mol. The van der Waals surface area contributed by atoms with Crippen LogP contribution in [0.4, 0.5) is 23.4 Å². The highest BCUT2D eigenvalue weighted by Gasteiger charge is 2.51. The fraction of sp³-hybridized carbons (Fsp3) is 0.525. The Morgan fingerprint density at radius 3 is 2.59 bits per heavy atom. The van der Waals surface area contributed by atoms with Crippen molar-refractivity contribution < 1.29 is 42.0 Å². The van der Waals surface area contributed by atoms with E-state index in [4.69, 9.17) is 25.6 Å². The molecule has 2 saturated carbocycles. The van der Waals surface area contributed by atoms with Gasteiger partial charge in [-0.3, -0.25) is 4.90 Å². The fourth-order valence-corrected chi connectivity index (χ4v) is 9.40. The number of methoxy groups -OCH3 is 1. The summed E-state index contributed by atoms with van der Waals surface area (Å²) in [6, 6.07) is 5.44. The SMILES string of the molecule is C#Cc1c(F)ccc2cc(O)cc(-c3nc(OC)c4c(N5CCOCC(O)C5)nc(OCC56CCCC5N(C5CCC(F)(F)CC5)CCC6)nc4c3F)c12. The minimum atomic E-state index is -2.61. The molecule has 0 spiro atoms. The maximum Gasteiger partial charge on any atom is 0.319 e. The van der Waals surface area contributed by atoms with Crippen molar-refractivity contribution in [3.05, 3.63) is 41.5 Å². The average Bonchev–Trinajstić information content (AvgIpc) is 3.48. The van der Waals surface area contributed by atoms with Gasteiger partial charge >= 0.3 is 6.01 Å². The quantitative estimate of drug-likeness (QED) is 0.158. The van der Waals surface area contributed by atoms with Crippen LogP contribution in [0, 0.1) is 29.4 Å². The number of terminal acetylenes is 1. The largest absolute Gasteiger partial charge is 0.508 e. The number of aliphatic hydroxyl groups excluding tert-OH is 1. The summed E-state index contributed by atoms with van der Waals surface area (Å²) in [4.78, 5) is 18.2. The van der Waals surface area contributed by atoms with Gasteiger partial charge in [0.15, 0.2) is 5.82 Å². The van der Waals surface area contributed by atoms with Gasteiger partial charge in [0.25, 0.3) is 0 Å². The molecule has 2 aromatic carbocycles. The van der Waals surface area contributed by atoms with E-state index in [0.29, 0.717) is 24.8 Å². The number of nitrogens with zero attached hydrogens (tertiary/aromatic N) is 5. The molecule has 286 valence electrons. The first-order valence-electron chi connectivity index (χ1n) is 18.7. The van der Waals surface area contributed by atoms with Gasteiger partial charge in [-0.25, -0.2) is 22.5 Å². The summed E-state index contributed by atoms with van der Waals surface area (Å²) in [5, 5.41) is 22.1. The minimum Gasteiger partial charge on any atom is -0.508 e. The minimum absolute atomic E-state index is 0.0341. The molecule has 4 heterocycles. The van der Waals surface area contributed by atoms with Gasteiger partial charge in [-0.15, -0.1) is 6.42 Å². The van der Waals surface area contributed by atoms with Crippen LogP contribution >= 0.6 is 0 Å². The molecule has 3 atom stereocenters. The van der Waals surface area contributed by atoms with Crippen molar-refractivity contribution in [1.82, 2.24) is 19.9 Å². The van der Waals surface area contributed by atoms with E-state index >= 15 is 8.78 Å². The third kappa shape index (κ3) is 6.54. The zero-order chi connectivity index (χ0) is 37.8. The number of likely N-dealkylation sites (tertiary alicyclic amines) is 1. The zero-order valence-electron chi connectivity index (χ0n) is 30.1. The van der Waals surface area contributed by atoms with Gasteiger partial charge in [-0.2, -0.15) is 9.97 Å². The Labute approximate surface area is 310 Å². The summed E-state index contributed by atoms with van der Waals surface area (Å²) in [5.74, 6) is -1.89. The Hall–Kier alpha value is -4.45. The van der Waals surface area contributed by atoms with E-state index in [0.717, 1.165) is 38.6 Å². The van der Waals surface area contributed by atoms with E-state index in [1.54, 1.807) is 4.90 Å². The number of aliphatic hydroxyl groups is 1. The number of alkyl halides is 2. The molecule has 2 aliphatic heterocycles. The average molecular weight is 750 g/mol. The molecule has 8 rings (SSSR count). The van der Waals surface area contributed by atoms with Crippen LogP contribution in [0.1, 0.15) is 63.4 Å². The number of aromatic hydroxyl groups is 1. The van der Waals surface area contributed by atoms with E-state index in [1.165, 1.54) is 31.4 Å². The first kappa shape index (κ1) is 36.5. The number of aromatic nitrogens is 3. The summed E-state index contributed by atoms with van der Waals surface area (Å²) in [6.07, 6.45) is 10.2. The number of benzene rings is 2. The topological polar surface area (TPSA) is 113 Å². The van der Waals surface area contributed by atoms with Gasteiger partial charge in [0, 0.05) is 54.4 Å². The number of halogens is 4. The maximum absolute atomic E-state index is 17.2. The van der Waals surface area contributed by atoms with Crippen molar-refractivity contribution in [2.45, 2.75) is 81.9 Å². The van der Waals surface area contributed by atoms with Gasteiger partial charge in [0.05, 0.1) is 38.6 Å². The van der Waals surface area contributed by atoms with Crippen molar-refractivity contribution in [2.75, 3.05) is 51.5 Å². The van der Waals surface area contributed by atoms with Crippen LogP contribution in [-0.4, -0.2) is 101 Å². The molecular formula is C40H43F4N5O5. The Kier molecular flexibility index (Phi) is 9.69. The van der Waals surface area contributed by atoms with Crippen molar-refractivity contribution >= 4 is 27.5 Å². The summed E-state index contributed by atoms with van der Waals surface area (Å²) in [5.41, 5.74) is -0.832. The van der Waals surface area contributed by atoms with Crippen LogP contribution in [0.5, 0.6) is 17.6 Å². The molecule has 54 heavy (non-hydrogen) atoms. The molecule has 2 saturated heterocycles. The molecule has 3 unspecified atom stereocenters. The van der Waals surface area contributed by atoms with Gasteiger partial charge in [0.1, 0.15) is 34.0 Å². The lowest BCUT2D eigenvalue weighted by molar-refractivity contribution is -0.0801. The van der Waals surface area contributed by atoms with E-state index in [-0.39, 0.29) is 113 Å². The van der Waals surface area contributed by atoms with Gasteiger partial charge < -0.3 is 29.3 Å². The Bertz CT molecular complexity index is 2120. The van der Waals surface area contributed by atoms with Crippen LogP contribution < -0.4 is 14.4 Å². The van der Waals surface area contributed by atoms with Gasteiger partial charge in [-0.05, 0) is 68.7 Å². The lowest BCUT2D eigenvalue weighted by Gasteiger charge is -2.50. The molecule has 0 radical (unpaired) electrons. The molecule has 4 aliphatic rings. The fourth-order valence-electron chi connectivity index (χ4n) is 9.40. The smallest absolute Gasteiger partial charge is 0.319 e. The maximum atomic E-state index is 17.2. The number of phenols is 1. The van der Waals surface area contributed by atoms with Crippen molar-refractivity contribution in [3.8, 4) is 41.2 Å². The molecule has 2 aromatic heterocycles. The second kappa shape index (κ2) is 14.3. The number of anilines is 1. The van der Waals surface area contributed by atoms with E-state index in [9.17, 15) is 19.0 Å². The third-order valence-corrected chi connectivity index (χ3v) is 11.9. The standard InChI is InChI=1S/C40H43F4N5O5/c1-3-27-29(41)8-7-23-18-25(50)19-28(31(23)27)34-33(42)35-32(37(45-34)52-2)36(48-16-17-53-21-26(51)20-48)47-38(46-35)54-22-39-11-4-6-30(39)49(15-5-12-39)24-9-13-40(43,44)14-10-24/h1,7-8,18-19,24,26,30,50-51H,4-6,9-17,20-22H2,2H3. The van der Waals surface area contributed by atoms with Crippen molar-refractivity contribution in [2.24, 2.45) is 5.41 Å². The predicted octanol–water partition coefficient (Wildman–Crippen LogP) is 6.61. The molecule has 0 amide bonds. The first-order chi connectivity index (χ1) is 26.0. The van der Waals surface area contributed by atoms with Crippen LogP contribution in [0.2, 0.25) is 0 Å². The number of ether oxygens (including phenoxy) is 3. The van der Waals surface area contributed by atoms with Gasteiger partial charge in [0.2, 0.25) is 11.8 Å². The molecule has 0 bridgehead atoms. The lowest BCUT2D eigenvalue weighted by Crippen LogP contribution is -2.56. The van der Waals surface area contributed by atoms with Crippen molar-refractivity contribution in [1.29, 1.82) is 0 Å². The molecule has 10 nitrogen and oxygen atoms in total. The number of fused-ring (bicyclic) bond motifs is 3. The van der Waals surface area contributed by atoms with Crippen LogP contribution in [-0.2, 0) is 4.74 Å². The summed E-state index contributed by atoms with van der Waals surface area (Å²) < 4.78 is 78.3. The molecule has 4 fully saturated rings. The van der Waals surface area contributed by atoms with Crippen molar-refractivity contribution in [3.63, 3.8) is 0 Å². The number of rotatable bonds is 7. The summed E-state index contributed by atoms with van der Waals surface area (Å²) in [7, 11) is 1.37. The third-order valence-electron chi connectivity index (χ3n) is 11.9. The van der Waals surface area contributed by atoms with E-state index < -0.39 is 23.7 Å². The monoisotopic (exact) mass is 749 g/mol. The molecule has 4 aromatic rings. The first-order valence-corrected chi connectivity index (χ1v) is 18.7. The number of hydrogen-bond acceptors (Lipinski definition) is 10. The highest BCUT2D eigenvalue weighted by molar-refractivity contribution is 6.04. The van der Waals surface area contributed by atoms with E-state index in [1.807, 2.05) is 0 Å². The normalized spacial score (nSPS) is 25.0. The number of piperidine rings is 1. The molecule has 2 aliphatic carbocycles. The number of hydrogen-bond donors (Lipinski definition) is 2. The number of pyridine rings is 1. The lowest BCUT2D eigenvalue weighted by atomic mass is 9.74. The zero-order valence-corrected chi connectivity index (χ0v) is 30.1. The second-order valence-corrected chi connectivity index (χ2v) is 15.2. The molecular weight excluding hydrogens is 706 g/mol. The number of β-amino-alcohol motifs (C(OH)–C–C–N with tert-alkyl or cyclic N) is 1. The highest BCUT2D eigenvalue weighted by atomic mass is 19.3. The molecule has 14 heteroatoms. The van der Waals surface area contributed by atoms with E-state index in [2.05, 4.69) is 20.8 Å². The molecule has 2 N–H and O–H groups in total. The summed E-state index contributed by atoms with van der Waals surface area (Å²) in [6.45, 7) is 1.88. The number of phenolic OH excluding ortho intramolecular Hbond substituents is 1. The van der Waals surface area contributed by atoms with Gasteiger partial charge in [-0.1, -0.05) is 18.4 Å².